The predicted molar refractivity (Wildman–Crippen MR) is 116 cm³/mol. The summed E-state index contributed by atoms with van der Waals surface area (Å²) in [5.74, 6) is -0.454. The van der Waals surface area contributed by atoms with E-state index in [9.17, 15) is 9.59 Å². The molecule has 0 fully saturated rings. The number of H-pyrrole nitrogens is 1. The van der Waals surface area contributed by atoms with Gasteiger partial charge in [-0.15, -0.1) is 11.8 Å². The largest absolute Gasteiger partial charge is 0.366 e. The van der Waals surface area contributed by atoms with Crippen LogP contribution < -0.4 is 11.3 Å². The molecule has 0 aliphatic carbocycles. The van der Waals surface area contributed by atoms with Gasteiger partial charge in [-0.05, 0) is 38.2 Å². The van der Waals surface area contributed by atoms with Gasteiger partial charge in [-0.3, -0.25) is 9.59 Å². The molecule has 0 atom stereocenters. The standard InChI is InChI=1S/C22H27N3O2S/c1-5-14(6-2)25-17-10-8-7-9-15(17)20(21(23)26)18(25)12-16-19(28-4)11-13(3)24-22(16)27/h7-11,14H,5-6,12H2,1-4H3,(H2,23,26)(H,24,27). The molecule has 0 saturated carbocycles. The number of hydrogen-bond donors (Lipinski definition) is 2. The number of nitrogens with one attached hydrogen (secondary N) is 1. The number of thioether (sulfide) groups is 1. The van der Waals surface area contributed by atoms with Crippen LogP contribution >= 0.6 is 11.8 Å². The van der Waals surface area contributed by atoms with Gasteiger partial charge in [0.2, 0.25) is 0 Å². The molecule has 0 spiro atoms. The Bertz CT molecular complexity index is 1080. The third-order valence-electron chi connectivity index (χ3n) is 5.36. The maximum absolute atomic E-state index is 12.7. The van der Waals surface area contributed by atoms with Crippen LogP contribution in [-0.2, 0) is 6.42 Å². The molecule has 1 aromatic carbocycles. The van der Waals surface area contributed by atoms with Crippen LogP contribution in [0.15, 0.2) is 40.0 Å². The first-order valence-electron chi connectivity index (χ1n) is 9.61. The average Bonchev–Trinajstić information content (AvgIpc) is 2.99. The van der Waals surface area contributed by atoms with E-state index < -0.39 is 5.91 Å². The van der Waals surface area contributed by atoms with Gasteiger partial charge in [-0.25, -0.2) is 0 Å². The van der Waals surface area contributed by atoms with E-state index in [2.05, 4.69) is 23.4 Å². The molecule has 0 aliphatic rings. The number of pyridine rings is 1. The van der Waals surface area contributed by atoms with Crippen molar-refractivity contribution in [3.05, 3.63) is 63.2 Å². The molecular formula is C22H27N3O2S. The number of aromatic amines is 1. The van der Waals surface area contributed by atoms with Gasteiger partial charge in [0.05, 0.1) is 5.56 Å². The number of carbonyl (C=O) groups is 1. The number of aryl methyl sites for hydroxylation is 1. The first-order chi connectivity index (χ1) is 13.4. The number of fused-ring (bicyclic) bond motifs is 1. The first-order valence-corrected chi connectivity index (χ1v) is 10.8. The van der Waals surface area contributed by atoms with Gasteiger partial charge in [-0.2, -0.15) is 0 Å². The molecule has 0 unspecified atom stereocenters. The molecule has 1 amide bonds. The normalized spacial score (nSPS) is 11.5. The van der Waals surface area contributed by atoms with Crippen molar-refractivity contribution in [2.75, 3.05) is 6.26 Å². The van der Waals surface area contributed by atoms with Crippen molar-refractivity contribution < 1.29 is 4.79 Å². The van der Waals surface area contributed by atoms with Crippen molar-refractivity contribution in [3.63, 3.8) is 0 Å². The summed E-state index contributed by atoms with van der Waals surface area (Å²) in [4.78, 5) is 29.0. The van der Waals surface area contributed by atoms with Crippen LogP contribution in [0.4, 0.5) is 0 Å². The Kier molecular flexibility index (Phi) is 5.98. The summed E-state index contributed by atoms with van der Waals surface area (Å²) in [6.45, 7) is 6.16. The molecule has 2 aromatic heterocycles. The number of benzene rings is 1. The summed E-state index contributed by atoms with van der Waals surface area (Å²) in [6.07, 6.45) is 4.19. The number of amides is 1. The Balaban J connectivity index is 2.34. The van der Waals surface area contributed by atoms with Gasteiger partial charge in [0, 0.05) is 45.2 Å². The van der Waals surface area contributed by atoms with E-state index in [0.717, 1.165) is 40.0 Å². The highest BCUT2D eigenvalue weighted by Crippen LogP contribution is 2.34. The molecular weight excluding hydrogens is 370 g/mol. The second-order valence-corrected chi connectivity index (χ2v) is 7.90. The molecule has 5 nitrogen and oxygen atoms in total. The maximum atomic E-state index is 12.7. The zero-order chi connectivity index (χ0) is 20.4. The highest BCUT2D eigenvalue weighted by Gasteiger charge is 2.25. The molecule has 0 aliphatic heterocycles. The predicted octanol–water partition coefficient (Wildman–Crippen LogP) is 4.41. The number of aromatic nitrogens is 2. The highest BCUT2D eigenvalue weighted by molar-refractivity contribution is 7.98. The minimum absolute atomic E-state index is 0.110. The Hall–Kier alpha value is -2.47. The Labute approximate surface area is 169 Å². The van der Waals surface area contributed by atoms with E-state index in [1.165, 1.54) is 0 Å². The van der Waals surface area contributed by atoms with Crippen LogP contribution in [0.2, 0.25) is 0 Å². The van der Waals surface area contributed by atoms with Crippen LogP contribution in [0, 0.1) is 6.92 Å². The highest BCUT2D eigenvalue weighted by atomic mass is 32.2. The van der Waals surface area contributed by atoms with E-state index in [4.69, 9.17) is 5.73 Å². The van der Waals surface area contributed by atoms with Crippen molar-refractivity contribution in [2.24, 2.45) is 5.73 Å². The van der Waals surface area contributed by atoms with Crippen LogP contribution in [-0.4, -0.2) is 21.7 Å². The van der Waals surface area contributed by atoms with Gasteiger partial charge in [0.25, 0.3) is 11.5 Å². The van der Waals surface area contributed by atoms with Gasteiger partial charge in [-0.1, -0.05) is 32.0 Å². The summed E-state index contributed by atoms with van der Waals surface area (Å²) in [7, 11) is 0. The second-order valence-electron chi connectivity index (χ2n) is 7.05. The monoisotopic (exact) mass is 397 g/mol. The Morgan fingerprint density at radius 2 is 1.93 bits per heavy atom. The molecule has 6 heteroatoms. The minimum Gasteiger partial charge on any atom is -0.366 e. The number of para-hydroxylation sites is 1. The number of hydrogen-bond acceptors (Lipinski definition) is 3. The van der Waals surface area contributed by atoms with Gasteiger partial charge in [0.1, 0.15) is 0 Å². The fourth-order valence-corrected chi connectivity index (χ4v) is 4.74. The number of carbonyl (C=O) groups excluding carboxylic acids is 1. The molecule has 0 radical (unpaired) electrons. The quantitative estimate of drug-likeness (QED) is 0.580. The first kappa shape index (κ1) is 20.3. The van der Waals surface area contributed by atoms with Crippen molar-refractivity contribution >= 4 is 28.6 Å². The van der Waals surface area contributed by atoms with Crippen LogP contribution in [0.3, 0.4) is 0 Å². The fourth-order valence-electron chi connectivity index (χ4n) is 4.04. The fraction of sp³-hybridized carbons (Fsp3) is 0.364. The summed E-state index contributed by atoms with van der Waals surface area (Å²) >= 11 is 1.54. The lowest BCUT2D eigenvalue weighted by atomic mass is 10.0. The molecule has 0 saturated heterocycles. The smallest absolute Gasteiger partial charge is 0.252 e. The Morgan fingerprint density at radius 3 is 2.54 bits per heavy atom. The van der Waals surface area contributed by atoms with Crippen molar-refractivity contribution in [1.82, 2.24) is 9.55 Å². The SMILES string of the molecule is CCC(CC)n1c(Cc2c(SC)cc(C)[nH]c2=O)c(C(N)=O)c2ccccc21. The molecule has 2 heterocycles. The van der Waals surface area contributed by atoms with E-state index in [0.29, 0.717) is 17.5 Å². The van der Waals surface area contributed by atoms with E-state index in [1.807, 2.05) is 43.5 Å². The number of nitrogens with zero attached hydrogens (tertiary/aromatic N) is 1. The lowest BCUT2D eigenvalue weighted by Gasteiger charge is -2.21. The van der Waals surface area contributed by atoms with E-state index in [1.54, 1.807) is 11.8 Å². The average molecular weight is 398 g/mol. The Morgan fingerprint density at radius 1 is 1.25 bits per heavy atom. The zero-order valence-electron chi connectivity index (χ0n) is 16.8. The zero-order valence-corrected chi connectivity index (χ0v) is 17.7. The summed E-state index contributed by atoms with van der Waals surface area (Å²) in [5, 5.41) is 0.853. The van der Waals surface area contributed by atoms with Crippen molar-refractivity contribution in [3.8, 4) is 0 Å². The van der Waals surface area contributed by atoms with Gasteiger partial charge >= 0.3 is 0 Å². The van der Waals surface area contributed by atoms with Crippen LogP contribution in [0.5, 0.6) is 0 Å². The van der Waals surface area contributed by atoms with Gasteiger partial charge in [0.15, 0.2) is 0 Å². The number of nitrogens with two attached hydrogens (primary N) is 1. The maximum Gasteiger partial charge on any atom is 0.252 e. The third kappa shape index (κ3) is 3.49. The van der Waals surface area contributed by atoms with E-state index in [-0.39, 0.29) is 11.6 Å². The van der Waals surface area contributed by atoms with Crippen LogP contribution in [0.25, 0.3) is 10.9 Å². The minimum atomic E-state index is -0.454. The topological polar surface area (TPSA) is 80.9 Å². The van der Waals surface area contributed by atoms with Crippen molar-refractivity contribution in [1.29, 1.82) is 0 Å². The summed E-state index contributed by atoms with van der Waals surface area (Å²) < 4.78 is 2.22. The van der Waals surface area contributed by atoms with Crippen molar-refractivity contribution in [2.45, 2.75) is 51.0 Å². The van der Waals surface area contributed by atoms with E-state index >= 15 is 0 Å². The van der Waals surface area contributed by atoms with Gasteiger partial charge < -0.3 is 15.3 Å². The number of rotatable bonds is 7. The summed E-state index contributed by atoms with van der Waals surface area (Å²) in [6, 6.07) is 10.1. The van der Waals surface area contributed by atoms with Crippen LogP contribution in [0.1, 0.15) is 60.0 Å². The lowest BCUT2D eigenvalue weighted by Crippen LogP contribution is -2.21. The molecule has 28 heavy (non-hydrogen) atoms. The molecule has 0 bridgehead atoms. The lowest BCUT2D eigenvalue weighted by molar-refractivity contribution is 0.100. The summed E-state index contributed by atoms with van der Waals surface area (Å²) in [5.41, 5.74) is 9.56. The molecule has 148 valence electrons. The molecule has 3 rings (SSSR count). The molecule has 3 N–H and O–H groups in total. The third-order valence-corrected chi connectivity index (χ3v) is 6.16. The second kappa shape index (κ2) is 8.27. The molecule has 3 aromatic rings. The number of primary amides is 1.